The van der Waals surface area contributed by atoms with Gasteiger partial charge in [0, 0.05) is 12.1 Å². The molecule has 0 atom stereocenters. The first-order valence-electron chi connectivity index (χ1n) is 7.02. The van der Waals surface area contributed by atoms with E-state index in [0.717, 1.165) is 11.5 Å². The Balaban J connectivity index is 1.74. The van der Waals surface area contributed by atoms with Crippen molar-refractivity contribution in [3.63, 3.8) is 0 Å². The summed E-state index contributed by atoms with van der Waals surface area (Å²) in [5.74, 6) is 1.52. The van der Waals surface area contributed by atoms with Crippen LogP contribution >= 0.6 is 23.2 Å². The van der Waals surface area contributed by atoms with Gasteiger partial charge in [-0.3, -0.25) is 0 Å². The first-order chi connectivity index (χ1) is 10.2. The molecule has 2 N–H and O–H groups in total. The van der Waals surface area contributed by atoms with E-state index in [2.05, 4.69) is 20.6 Å². The molecule has 0 spiro atoms. The maximum absolute atomic E-state index is 6.17. The third-order valence-electron chi connectivity index (χ3n) is 3.59. The van der Waals surface area contributed by atoms with Gasteiger partial charge >= 0.3 is 0 Å². The fourth-order valence-corrected chi connectivity index (χ4v) is 2.87. The number of anilines is 3. The molecule has 1 fully saturated rings. The fraction of sp³-hybridized carbons (Fsp3) is 0.333. The minimum absolute atomic E-state index is 0.489. The van der Waals surface area contributed by atoms with E-state index in [1.54, 1.807) is 6.07 Å². The highest BCUT2D eigenvalue weighted by Crippen LogP contribution is 2.31. The monoisotopic (exact) mass is 322 g/mol. The summed E-state index contributed by atoms with van der Waals surface area (Å²) >= 11 is 12.2. The molecule has 0 radical (unpaired) electrons. The molecule has 1 saturated carbocycles. The number of benzene rings is 1. The smallest absolute Gasteiger partial charge is 0.135 e. The third-order valence-corrected chi connectivity index (χ3v) is 4.41. The molecule has 6 heteroatoms. The van der Waals surface area contributed by atoms with Crippen LogP contribution in [0.1, 0.15) is 25.7 Å². The van der Waals surface area contributed by atoms with Crippen molar-refractivity contribution in [2.24, 2.45) is 0 Å². The predicted octanol–water partition coefficient (Wildman–Crippen LogP) is 4.88. The Kier molecular flexibility index (Phi) is 4.46. The van der Waals surface area contributed by atoms with E-state index in [-0.39, 0.29) is 0 Å². The van der Waals surface area contributed by atoms with Crippen LogP contribution in [-0.4, -0.2) is 16.0 Å². The van der Waals surface area contributed by atoms with E-state index < -0.39 is 0 Å². The van der Waals surface area contributed by atoms with Gasteiger partial charge in [0.1, 0.15) is 18.0 Å². The molecular formula is C15H16Cl2N4. The van der Waals surface area contributed by atoms with Gasteiger partial charge in [-0.25, -0.2) is 9.97 Å². The van der Waals surface area contributed by atoms with Gasteiger partial charge in [-0.2, -0.15) is 0 Å². The van der Waals surface area contributed by atoms with E-state index in [4.69, 9.17) is 23.2 Å². The molecule has 1 aliphatic rings. The van der Waals surface area contributed by atoms with Crippen molar-refractivity contribution in [1.29, 1.82) is 0 Å². The van der Waals surface area contributed by atoms with E-state index in [0.29, 0.717) is 21.9 Å². The molecule has 1 aliphatic carbocycles. The molecule has 3 rings (SSSR count). The van der Waals surface area contributed by atoms with E-state index in [1.165, 1.54) is 32.0 Å². The van der Waals surface area contributed by atoms with Crippen LogP contribution in [0.3, 0.4) is 0 Å². The molecule has 110 valence electrons. The Labute approximate surface area is 133 Å². The van der Waals surface area contributed by atoms with Crippen molar-refractivity contribution < 1.29 is 0 Å². The Bertz CT molecular complexity index is 627. The van der Waals surface area contributed by atoms with Crippen molar-refractivity contribution in [2.75, 3.05) is 10.6 Å². The molecule has 4 nitrogen and oxygen atoms in total. The molecule has 1 heterocycles. The van der Waals surface area contributed by atoms with Crippen LogP contribution in [-0.2, 0) is 0 Å². The average molecular weight is 323 g/mol. The molecule has 0 unspecified atom stereocenters. The highest BCUT2D eigenvalue weighted by atomic mass is 35.5. The summed E-state index contributed by atoms with van der Waals surface area (Å²) in [4.78, 5) is 8.48. The molecular weight excluding hydrogens is 307 g/mol. The van der Waals surface area contributed by atoms with Gasteiger partial charge in [0.2, 0.25) is 0 Å². The SMILES string of the molecule is Clc1cccc(Nc2cc(NC3CCCC3)ncn2)c1Cl. The largest absolute Gasteiger partial charge is 0.367 e. The standard InChI is InChI=1S/C15H16Cl2N4/c16-11-6-3-7-12(15(11)17)21-14-8-13(18-9-19-14)20-10-4-1-2-5-10/h3,6-10H,1-2,4-5H2,(H2,18,19,20,21). The zero-order valence-electron chi connectivity index (χ0n) is 11.4. The summed E-state index contributed by atoms with van der Waals surface area (Å²) in [5, 5.41) is 7.62. The van der Waals surface area contributed by atoms with Crippen molar-refractivity contribution in [3.05, 3.63) is 40.6 Å². The highest BCUT2D eigenvalue weighted by Gasteiger charge is 2.15. The van der Waals surface area contributed by atoms with E-state index >= 15 is 0 Å². The number of hydrogen-bond donors (Lipinski definition) is 2. The molecule has 1 aromatic heterocycles. The van der Waals surface area contributed by atoms with Gasteiger partial charge in [-0.1, -0.05) is 42.1 Å². The minimum atomic E-state index is 0.489. The first-order valence-corrected chi connectivity index (χ1v) is 7.77. The number of nitrogens with one attached hydrogen (secondary N) is 2. The van der Waals surface area contributed by atoms with Crippen molar-refractivity contribution in [1.82, 2.24) is 9.97 Å². The van der Waals surface area contributed by atoms with Crippen LogP contribution in [0.2, 0.25) is 10.0 Å². The van der Waals surface area contributed by atoms with Crippen LogP contribution in [0.4, 0.5) is 17.3 Å². The lowest BCUT2D eigenvalue weighted by molar-refractivity contribution is 0.750. The lowest BCUT2D eigenvalue weighted by Gasteiger charge is -2.14. The topological polar surface area (TPSA) is 49.8 Å². The van der Waals surface area contributed by atoms with Gasteiger partial charge in [-0.15, -0.1) is 0 Å². The number of aromatic nitrogens is 2. The molecule has 0 aliphatic heterocycles. The number of hydrogen-bond acceptors (Lipinski definition) is 4. The van der Waals surface area contributed by atoms with Crippen LogP contribution in [0.15, 0.2) is 30.6 Å². The number of nitrogens with zero attached hydrogens (tertiary/aromatic N) is 2. The molecule has 2 aromatic rings. The van der Waals surface area contributed by atoms with Crippen LogP contribution in [0.25, 0.3) is 0 Å². The normalized spacial score (nSPS) is 15.1. The van der Waals surface area contributed by atoms with Crippen molar-refractivity contribution in [3.8, 4) is 0 Å². The van der Waals surface area contributed by atoms with Crippen LogP contribution in [0.5, 0.6) is 0 Å². The lowest BCUT2D eigenvalue weighted by Crippen LogP contribution is -2.15. The maximum Gasteiger partial charge on any atom is 0.135 e. The predicted molar refractivity (Wildman–Crippen MR) is 87.7 cm³/mol. The van der Waals surface area contributed by atoms with Crippen LogP contribution < -0.4 is 10.6 Å². The van der Waals surface area contributed by atoms with Gasteiger partial charge < -0.3 is 10.6 Å². The van der Waals surface area contributed by atoms with E-state index in [1.807, 2.05) is 18.2 Å². The van der Waals surface area contributed by atoms with Gasteiger partial charge in [-0.05, 0) is 25.0 Å². The summed E-state index contributed by atoms with van der Waals surface area (Å²) in [7, 11) is 0. The summed E-state index contributed by atoms with van der Waals surface area (Å²) in [6, 6.07) is 7.86. The summed E-state index contributed by atoms with van der Waals surface area (Å²) in [6.07, 6.45) is 6.51. The average Bonchev–Trinajstić information content (AvgIpc) is 2.97. The molecule has 0 saturated heterocycles. The lowest BCUT2D eigenvalue weighted by atomic mass is 10.2. The Morgan fingerprint density at radius 2 is 1.81 bits per heavy atom. The van der Waals surface area contributed by atoms with Crippen molar-refractivity contribution >= 4 is 40.5 Å². The van der Waals surface area contributed by atoms with Crippen molar-refractivity contribution in [2.45, 2.75) is 31.7 Å². The Morgan fingerprint density at radius 1 is 1.05 bits per heavy atom. The molecule has 21 heavy (non-hydrogen) atoms. The van der Waals surface area contributed by atoms with Gasteiger partial charge in [0.05, 0.1) is 15.7 Å². The van der Waals surface area contributed by atoms with Crippen LogP contribution in [0, 0.1) is 0 Å². The summed E-state index contributed by atoms with van der Waals surface area (Å²) in [5.41, 5.74) is 0.731. The van der Waals surface area contributed by atoms with Gasteiger partial charge in [0.15, 0.2) is 0 Å². The second-order valence-corrected chi connectivity index (χ2v) is 5.93. The second kappa shape index (κ2) is 6.50. The Hall–Kier alpha value is -1.52. The molecule has 0 amide bonds. The fourth-order valence-electron chi connectivity index (χ4n) is 2.52. The minimum Gasteiger partial charge on any atom is -0.367 e. The first kappa shape index (κ1) is 14.4. The number of halogens is 2. The van der Waals surface area contributed by atoms with Gasteiger partial charge in [0.25, 0.3) is 0 Å². The zero-order chi connectivity index (χ0) is 14.7. The molecule has 0 bridgehead atoms. The van der Waals surface area contributed by atoms with E-state index in [9.17, 15) is 0 Å². The molecule has 1 aromatic carbocycles. The summed E-state index contributed by atoms with van der Waals surface area (Å²) in [6.45, 7) is 0. The summed E-state index contributed by atoms with van der Waals surface area (Å²) < 4.78 is 0. The second-order valence-electron chi connectivity index (χ2n) is 5.14. The number of rotatable bonds is 4. The zero-order valence-corrected chi connectivity index (χ0v) is 13.0. The highest BCUT2D eigenvalue weighted by molar-refractivity contribution is 6.43. The maximum atomic E-state index is 6.17. The quantitative estimate of drug-likeness (QED) is 0.842. The third kappa shape index (κ3) is 3.57. The Morgan fingerprint density at radius 3 is 2.62 bits per heavy atom.